The van der Waals surface area contributed by atoms with E-state index in [4.69, 9.17) is 15.2 Å². The molecule has 0 bridgehead atoms. The molecule has 138 valence electrons. The van der Waals surface area contributed by atoms with Gasteiger partial charge >= 0.3 is 6.03 Å². The summed E-state index contributed by atoms with van der Waals surface area (Å²) >= 11 is 0. The van der Waals surface area contributed by atoms with Crippen LogP contribution in [0, 0.1) is 0 Å². The molecule has 0 saturated heterocycles. The number of benzene rings is 2. The first-order valence-corrected chi connectivity index (χ1v) is 8.11. The second kappa shape index (κ2) is 9.31. The lowest BCUT2D eigenvalue weighted by atomic mass is 9.98. The van der Waals surface area contributed by atoms with Crippen molar-refractivity contribution < 1.29 is 19.1 Å². The van der Waals surface area contributed by atoms with Crippen molar-refractivity contribution in [2.45, 2.75) is 12.5 Å². The number of ether oxygens (including phenoxy) is 2. The van der Waals surface area contributed by atoms with E-state index in [-0.39, 0.29) is 18.5 Å². The van der Waals surface area contributed by atoms with Gasteiger partial charge < -0.3 is 25.8 Å². The Bertz CT molecular complexity index is 729. The fourth-order valence-electron chi connectivity index (χ4n) is 2.50. The van der Waals surface area contributed by atoms with Crippen LogP contribution < -0.4 is 25.8 Å². The van der Waals surface area contributed by atoms with E-state index in [2.05, 4.69) is 10.6 Å². The summed E-state index contributed by atoms with van der Waals surface area (Å²) in [5.41, 5.74) is 6.97. The van der Waals surface area contributed by atoms with E-state index in [1.807, 2.05) is 48.5 Å². The van der Waals surface area contributed by atoms with E-state index in [9.17, 15) is 9.59 Å². The third kappa shape index (κ3) is 5.70. The molecule has 4 N–H and O–H groups in total. The largest absolute Gasteiger partial charge is 0.497 e. The first-order valence-electron chi connectivity index (χ1n) is 8.11. The third-order valence-electron chi connectivity index (χ3n) is 3.88. The number of nitrogens with one attached hydrogen (secondary N) is 2. The molecule has 1 atom stereocenters. The molecule has 0 aliphatic heterocycles. The Labute approximate surface area is 152 Å². The van der Waals surface area contributed by atoms with Crippen LogP contribution in [0.4, 0.5) is 4.79 Å². The monoisotopic (exact) mass is 357 g/mol. The number of urea groups is 1. The molecule has 0 heterocycles. The summed E-state index contributed by atoms with van der Waals surface area (Å²) < 4.78 is 10.3. The highest BCUT2D eigenvalue weighted by atomic mass is 16.5. The molecule has 2 aromatic rings. The Hall–Kier alpha value is -3.22. The van der Waals surface area contributed by atoms with E-state index >= 15 is 0 Å². The van der Waals surface area contributed by atoms with Gasteiger partial charge in [0.1, 0.15) is 11.5 Å². The number of hydrogen-bond acceptors (Lipinski definition) is 4. The van der Waals surface area contributed by atoms with Gasteiger partial charge in [0.05, 0.1) is 26.8 Å². The number of rotatable bonds is 8. The van der Waals surface area contributed by atoms with Gasteiger partial charge in [-0.2, -0.15) is 0 Å². The summed E-state index contributed by atoms with van der Waals surface area (Å²) in [6, 6.07) is 14.1. The summed E-state index contributed by atoms with van der Waals surface area (Å²) in [6.45, 7) is -0.176. The SMILES string of the molecule is COc1ccc(C[C@H](NC(=O)CNC(N)=O)c2ccc(OC)cc2)cc1. The summed E-state index contributed by atoms with van der Waals surface area (Å²) in [6.07, 6.45) is 0.582. The van der Waals surface area contributed by atoms with Crippen molar-refractivity contribution in [1.82, 2.24) is 10.6 Å². The van der Waals surface area contributed by atoms with Gasteiger partial charge in [-0.25, -0.2) is 4.79 Å². The molecule has 0 radical (unpaired) electrons. The van der Waals surface area contributed by atoms with Crippen molar-refractivity contribution in [2.75, 3.05) is 20.8 Å². The Morgan fingerprint density at radius 1 is 0.962 bits per heavy atom. The van der Waals surface area contributed by atoms with Crippen LogP contribution in [-0.2, 0) is 11.2 Å². The Morgan fingerprint density at radius 3 is 2.00 bits per heavy atom. The van der Waals surface area contributed by atoms with Gasteiger partial charge in [-0.1, -0.05) is 24.3 Å². The molecule has 0 saturated carbocycles. The van der Waals surface area contributed by atoms with Crippen LogP contribution >= 0.6 is 0 Å². The van der Waals surface area contributed by atoms with Gasteiger partial charge in [0.2, 0.25) is 5.91 Å². The van der Waals surface area contributed by atoms with Gasteiger partial charge in [-0.3, -0.25) is 4.79 Å². The lowest BCUT2D eigenvalue weighted by Gasteiger charge is -2.20. The topological polar surface area (TPSA) is 103 Å². The number of carbonyl (C=O) groups excluding carboxylic acids is 2. The van der Waals surface area contributed by atoms with Crippen molar-refractivity contribution in [3.8, 4) is 11.5 Å². The van der Waals surface area contributed by atoms with E-state index in [1.54, 1.807) is 14.2 Å². The number of hydrogen-bond donors (Lipinski definition) is 3. The molecule has 7 heteroatoms. The average molecular weight is 357 g/mol. The highest BCUT2D eigenvalue weighted by Gasteiger charge is 2.16. The molecule has 2 aromatic carbocycles. The Kier molecular flexibility index (Phi) is 6.84. The number of carbonyl (C=O) groups is 2. The van der Waals surface area contributed by atoms with Gasteiger partial charge in [0.15, 0.2) is 0 Å². The molecule has 0 unspecified atom stereocenters. The normalized spacial score (nSPS) is 11.3. The molecular formula is C19H23N3O4. The molecule has 26 heavy (non-hydrogen) atoms. The third-order valence-corrected chi connectivity index (χ3v) is 3.88. The van der Waals surface area contributed by atoms with Crippen molar-refractivity contribution in [1.29, 1.82) is 0 Å². The first kappa shape index (κ1) is 19.1. The number of nitrogens with two attached hydrogens (primary N) is 1. The van der Waals surface area contributed by atoms with Crippen molar-refractivity contribution in [3.63, 3.8) is 0 Å². The molecule has 0 aliphatic carbocycles. The smallest absolute Gasteiger partial charge is 0.312 e. The van der Waals surface area contributed by atoms with Crippen molar-refractivity contribution in [3.05, 3.63) is 59.7 Å². The van der Waals surface area contributed by atoms with Crippen LogP contribution in [0.2, 0.25) is 0 Å². The van der Waals surface area contributed by atoms with E-state index in [0.717, 1.165) is 22.6 Å². The molecule has 7 nitrogen and oxygen atoms in total. The molecule has 3 amide bonds. The van der Waals surface area contributed by atoms with Gasteiger partial charge in [0.25, 0.3) is 0 Å². The highest BCUT2D eigenvalue weighted by molar-refractivity contribution is 5.83. The summed E-state index contributed by atoms with van der Waals surface area (Å²) in [5.74, 6) is 1.18. The number of methoxy groups -OCH3 is 2. The van der Waals surface area contributed by atoms with Crippen molar-refractivity contribution in [2.24, 2.45) is 5.73 Å². The minimum Gasteiger partial charge on any atom is -0.497 e. The van der Waals surface area contributed by atoms with Crippen LogP contribution in [0.15, 0.2) is 48.5 Å². The highest BCUT2D eigenvalue weighted by Crippen LogP contribution is 2.22. The van der Waals surface area contributed by atoms with Gasteiger partial charge in [-0.15, -0.1) is 0 Å². The Balaban J connectivity index is 2.15. The average Bonchev–Trinajstić information content (AvgIpc) is 2.66. The maximum Gasteiger partial charge on any atom is 0.312 e. The lowest BCUT2D eigenvalue weighted by molar-refractivity contribution is -0.120. The predicted octanol–water partition coefficient (Wildman–Crippen LogP) is 1.77. The van der Waals surface area contributed by atoms with E-state index in [0.29, 0.717) is 6.42 Å². The number of amides is 3. The summed E-state index contributed by atoms with van der Waals surface area (Å²) in [7, 11) is 3.21. The molecule has 0 aromatic heterocycles. The van der Waals surface area contributed by atoms with Crippen LogP contribution in [0.3, 0.4) is 0 Å². The second-order valence-corrected chi connectivity index (χ2v) is 5.66. The minimum atomic E-state index is -0.740. The van der Waals surface area contributed by atoms with Gasteiger partial charge in [0, 0.05) is 0 Å². The van der Waals surface area contributed by atoms with Crippen LogP contribution in [0.1, 0.15) is 17.2 Å². The second-order valence-electron chi connectivity index (χ2n) is 5.66. The lowest BCUT2D eigenvalue weighted by Crippen LogP contribution is -2.41. The molecule has 0 spiro atoms. The minimum absolute atomic E-state index is 0.176. The van der Waals surface area contributed by atoms with Gasteiger partial charge in [-0.05, 0) is 41.8 Å². The fourth-order valence-corrected chi connectivity index (χ4v) is 2.50. The molecular weight excluding hydrogens is 334 g/mol. The summed E-state index contributed by atoms with van der Waals surface area (Å²) in [4.78, 5) is 22.9. The van der Waals surface area contributed by atoms with Crippen LogP contribution in [-0.4, -0.2) is 32.7 Å². The zero-order chi connectivity index (χ0) is 18.9. The molecule has 0 fully saturated rings. The maximum absolute atomic E-state index is 12.1. The van der Waals surface area contributed by atoms with E-state index in [1.165, 1.54) is 0 Å². The Morgan fingerprint density at radius 2 is 1.50 bits per heavy atom. The molecule has 0 aliphatic rings. The standard InChI is InChI=1S/C19H23N3O4/c1-25-15-7-3-13(4-8-15)11-17(22-18(23)12-21-19(20)24)14-5-9-16(26-2)10-6-14/h3-10,17H,11-12H2,1-2H3,(H,22,23)(H3,20,21,24)/t17-/m0/s1. The van der Waals surface area contributed by atoms with Crippen LogP contribution in [0.5, 0.6) is 11.5 Å². The van der Waals surface area contributed by atoms with Crippen molar-refractivity contribution >= 4 is 11.9 Å². The van der Waals surface area contributed by atoms with E-state index < -0.39 is 6.03 Å². The maximum atomic E-state index is 12.1. The predicted molar refractivity (Wildman–Crippen MR) is 98.2 cm³/mol. The molecule has 2 rings (SSSR count). The summed E-state index contributed by atoms with van der Waals surface area (Å²) in [5, 5.41) is 5.21. The quantitative estimate of drug-likeness (QED) is 0.670. The fraction of sp³-hybridized carbons (Fsp3) is 0.263. The zero-order valence-electron chi connectivity index (χ0n) is 14.8. The van der Waals surface area contributed by atoms with Crippen LogP contribution in [0.25, 0.3) is 0 Å². The number of primary amides is 1. The first-order chi connectivity index (χ1) is 12.5. The zero-order valence-corrected chi connectivity index (χ0v) is 14.8.